The van der Waals surface area contributed by atoms with Gasteiger partial charge in [-0.2, -0.15) is 0 Å². The molecule has 6 heteroatoms. The van der Waals surface area contributed by atoms with Gasteiger partial charge >= 0.3 is 0 Å². The van der Waals surface area contributed by atoms with E-state index in [0.29, 0.717) is 6.54 Å². The molecule has 0 aliphatic carbocycles. The van der Waals surface area contributed by atoms with E-state index in [1.165, 1.54) is 16.8 Å². The third kappa shape index (κ3) is 5.32. The van der Waals surface area contributed by atoms with Crippen LogP contribution in [0.25, 0.3) is 0 Å². The first-order valence-corrected chi connectivity index (χ1v) is 12.2. The summed E-state index contributed by atoms with van der Waals surface area (Å²) in [4.78, 5) is 17.8. The number of hydrogen-bond donors (Lipinski definition) is 1. The van der Waals surface area contributed by atoms with Gasteiger partial charge in [0.05, 0.1) is 12.6 Å². The number of aromatic nitrogens is 1. The molecule has 1 fully saturated rings. The highest BCUT2D eigenvalue weighted by atomic mass is 35.5. The molecule has 5 nitrogen and oxygen atoms in total. The lowest BCUT2D eigenvalue weighted by Gasteiger charge is -2.37. The van der Waals surface area contributed by atoms with E-state index in [4.69, 9.17) is 11.6 Å². The summed E-state index contributed by atoms with van der Waals surface area (Å²) in [6, 6.07) is 23.2. The van der Waals surface area contributed by atoms with Gasteiger partial charge in [-0.05, 0) is 48.2 Å². The molecule has 3 heterocycles. The molecule has 5 rings (SSSR count). The molecule has 2 aliphatic heterocycles. The first-order valence-electron chi connectivity index (χ1n) is 11.9. The van der Waals surface area contributed by atoms with Gasteiger partial charge in [0, 0.05) is 55.7 Å². The van der Waals surface area contributed by atoms with Crippen molar-refractivity contribution in [1.29, 1.82) is 0 Å². The van der Waals surface area contributed by atoms with Crippen molar-refractivity contribution in [2.75, 3.05) is 26.2 Å². The van der Waals surface area contributed by atoms with Gasteiger partial charge < -0.3 is 9.88 Å². The molecule has 1 aromatic heterocycles. The third-order valence-corrected chi connectivity index (χ3v) is 7.12. The van der Waals surface area contributed by atoms with Gasteiger partial charge in [0.1, 0.15) is 0 Å². The van der Waals surface area contributed by atoms with Gasteiger partial charge in [-0.15, -0.1) is 0 Å². The molecule has 0 saturated carbocycles. The van der Waals surface area contributed by atoms with E-state index in [1.807, 2.05) is 12.1 Å². The number of rotatable bonds is 6. The molecule has 0 bridgehead atoms. The Morgan fingerprint density at radius 3 is 2.42 bits per heavy atom. The Balaban J connectivity index is 1.18. The minimum Gasteiger partial charge on any atom is -0.352 e. The second-order valence-corrected chi connectivity index (χ2v) is 9.59. The lowest BCUT2D eigenvalue weighted by molar-refractivity contribution is -0.123. The van der Waals surface area contributed by atoms with Crippen molar-refractivity contribution in [3.8, 4) is 0 Å². The first-order chi connectivity index (χ1) is 16.2. The van der Waals surface area contributed by atoms with Gasteiger partial charge in [-0.25, -0.2) is 0 Å². The lowest BCUT2D eigenvalue weighted by atomic mass is 9.99. The van der Waals surface area contributed by atoms with Crippen molar-refractivity contribution in [3.05, 3.63) is 94.8 Å². The normalized spacial score (nSPS) is 19.8. The molecule has 2 aliphatic rings. The Labute approximate surface area is 201 Å². The number of nitrogens with one attached hydrogen (secondary N) is 1. The second-order valence-electron chi connectivity index (χ2n) is 9.15. The van der Waals surface area contributed by atoms with Crippen LogP contribution in [0, 0.1) is 0 Å². The highest BCUT2D eigenvalue weighted by Gasteiger charge is 2.31. The quantitative estimate of drug-likeness (QED) is 0.592. The minimum atomic E-state index is 0.0597. The summed E-state index contributed by atoms with van der Waals surface area (Å²) in [5, 5.41) is 4.04. The van der Waals surface area contributed by atoms with E-state index >= 15 is 0 Å². The van der Waals surface area contributed by atoms with Crippen LogP contribution in [0.15, 0.2) is 72.9 Å². The fourth-order valence-corrected chi connectivity index (χ4v) is 5.29. The number of halogens is 1. The van der Waals surface area contributed by atoms with E-state index in [-0.39, 0.29) is 18.0 Å². The monoisotopic (exact) mass is 462 g/mol. The number of carbonyl (C=O) groups excluding carboxylic acids is 1. The first kappa shape index (κ1) is 22.2. The van der Waals surface area contributed by atoms with Crippen LogP contribution in [0.2, 0.25) is 5.02 Å². The summed E-state index contributed by atoms with van der Waals surface area (Å²) in [6.45, 7) is 5.17. The molecule has 3 aromatic rings. The predicted octanol–water partition coefficient (Wildman–Crippen LogP) is 4.33. The summed E-state index contributed by atoms with van der Waals surface area (Å²) in [6.07, 6.45) is 4.13. The maximum atomic E-state index is 13.0. The standard InChI is InChI=1S/C27H31ClN4O/c28-23-10-8-22(9-11-23)27-25-7-4-14-31(25)17-18-32(27)20-26(33)29-24-12-15-30(16-13-24)19-21-5-2-1-3-6-21/h1-11,14,24,27H,12-13,15-20H2,(H,29,33). The fraction of sp³-hybridized carbons (Fsp3) is 0.370. The Morgan fingerprint density at radius 2 is 1.67 bits per heavy atom. The Hall–Kier alpha value is -2.60. The van der Waals surface area contributed by atoms with Crippen molar-refractivity contribution in [3.63, 3.8) is 0 Å². The van der Waals surface area contributed by atoms with Crippen LogP contribution in [0.1, 0.15) is 35.7 Å². The van der Waals surface area contributed by atoms with Crippen LogP contribution in [-0.4, -0.2) is 52.5 Å². The van der Waals surface area contributed by atoms with Crippen molar-refractivity contribution in [2.45, 2.75) is 38.0 Å². The molecule has 0 spiro atoms. The Bertz CT molecular complexity index is 1060. The van der Waals surface area contributed by atoms with E-state index in [9.17, 15) is 4.79 Å². The lowest BCUT2D eigenvalue weighted by Crippen LogP contribution is -2.49. The Morgan fingerprint density at radius 1 is 0.909 bits per heavy atom. The van der Waals surface area contributed by atoms with Gasteiger partial charge in [-0.3, -0.25) is 14.6 Å². The molecule has 1 N–H and O–H groups in total. The van der Waals surface area contributed by atoms with Crippen LogP contribution in [0.3, 0.4) is 0 Å². The number of nitrogens with zero attached hydrogens (tertiary/aromatic N) is 3. The maximum absolute atomic E-state index is 13.0. The predicted molar refractivity (Wildman–Crippen MR) is 132 cm³/mol. The van der Waals surface area contributed by atoms with E-state index in [2.05, 4.69) is 80.5 Å². The molecule has 2 aromatic carbocycles. The van der Waals surface area contributed by atoms with Gasteiger partial charge in [-0.1, -0.05) is 54.1 Å². The largest absolute Gasteiger partial charge is 0.352 e. The van der Waals surface area contributed by atoms with E-state index in [0.717, 1.165) is 50.6 Å². The fourth-order valence-electron chi connectivity index (χ4n) is 5.16. The molecule has 1 atom stereocenters. The van der Waals surface area contributed by atoms with Gasteiger partial charge in [0.2, 0.25) is 5.91 Å². The zero-order chi connectivity index (χ0) is 22.6. The van der Waals surface area contributed by atoms with Gasteiger partial charge in [0.25, 0.3) is 0 Å². The van der Waals surface area contributed by atoms with Crippen molar-refractivity contribution in [1.82, 2.24) is 19.7 Å². The Kier molecular flexibility index (Phi) is 6.81. The van der Waals surface area contributed by atoms with Crippen molar-refractivity contribution in [2.24, 2.45) is 0 Å². The number of carbonyl (C=O) groups is 1. The summed E-state index contributed by atoms with van der Waals surface area (Å²) in [5.74, 6) is 0.121. The zero-order valence-corrected chi connectivity index (χ0v) is 19.6. The van der Waals surface area contributed by atoms with Crippen molar-refractivity contribution >= 4 is 17.5 Å². The third-order valence-electron chi connectivity index (χ3n) is 6.87. The van der Waals surface area contributed by atoms with Crippen LogP contribution >= 0.6 is 11.6 Å². The molecule has 0 radical (unpaired) electrons. The number of fused-ring (bicyclic) bond motifs is 1. The van der Waals surface area contributed by atoms with Crippen LogP contribution in [0.5, 0.6) is 0 Å². The summed E-state index contributed by atoms with van der Waals surface area (Å²) >= 11 is 6.13. The molecule has 33 heavy (non-hydrogen) atoms. The van der Waals surface area contributed by atoms with Crippen LogP contribution in [0.4, 0.5) is 0 Å². The number of hydrogen-bond acceptors (Lipinski definition) is 3. The topological polar surface area (TPSA) is 40.5 Å². The molecule has 1 saturated heterocycles. The van der Waals surface area contributed by atoms with Crippen LogP contribution in [-0.2, 0) is 17.9 Å². The molecule has 1 amide bonds. The average Bonchev–Trinajstić information content (AvgIpc) is 3.31. The summed E-state index contributed by atoms with van der Waals surface area (Å²) in [7, 11) is 0. The van der Waals surface area contributed by atoms with E-state index in [1.54, 1.807) is 0 Å². The molecule has 172 valence electrons. The molecular weight excluding hydrogens is 432 g/mol. The van der Waals surface area contributed by atoms with Crippen LogP contribution < -0.4 is 5.32 Å². The highest BCUT2D eigenvalue weighted by Crippen LogP contribution is 2.32. The number of likely N-dealkylation sites (tertiary alicyclic amines) is 1. The molecule has 1 unspecified atom stereocenters. The average molecular weight is 463 g/mol. The minimum absolute atomic E-state index is 0.0597. The molecular formula is C27H31ClN4O. The zero-order valence-electron chi connectivity index (χ0n) is 18.9. The summed E-state index contributed by atoms with van der Waals surface area (Å²) < 4.78 is 2.29. The number of benzene rings is 2. The van der Waals surface area contributed by atoms with E-state index < -0.39 is 0 Å². The maximum Gasteiger partial charge on any atom is 0.234 e. The SMILES string of the molecule is O=C(CN1CCn2cccc2C1c1ccc(Cl)cc1)NC1CCN(Cc2ccccc2)CC1. The highest BCUT2D eigenvalue weighted by molar-refractivity contribution is 6.30. The second kappa shape index (κ2) is 10.1. The van der Waals surface area contributed by atoms with Crippen molar-refractivity contribution < 1.29 is 4.79 Å². The smallest absolute Gasteiger partial charge is 0.234 e. The number of amides is 1. The number of piperidine rings is 1. The summed E-state index contributed by atoms with van der Waals surface area (Å²) in [5.41, 5.74) is 3.75. The van der Waals surface area contributed by atoms with Gasteiger partial charge in [0.15, 0.2) is 0 Å².